The van der Waals surface area contributed by atoms with Crippen molar-refractivity contribution in [2.24, 2.45) is 0 Å². The minimum absolute atomic E-state index is 0.312. The van der Waals surface area contributed by atoms with E-state index in [1.54, 1.807) is 0 Å². The predicted octanol–water partition coefficient (Wildman–Crippen LogP) is 0.367. The number of imidazole rings is 1. The molecule has 0 saturated heterocycles. The van der Waals surface area contributed by atoms with Gasteiger partial charge in [-0.1, -0.05) is 6.92 Å². The molecule has 0 radical (unpaired) electrons. The third-order valence-electron chi connectivity index (χ3n) is 1.83. The Morgan fingerprint density at radius 3 is 2.07 bits per heavy atom. The average Bonchev–Trinajstić information content (AvgIpc) is 2.65. The number of nitrogens with zero attached hydrogens (tertiary/aromatic N) is 2. The van der Waals surface area contributed by atoms with Gasteiger partial charge in [0, 0.05) is 5.75 Å². The van der Waals surface area contributed by atoms with E-state index in [2.05, 4.69) is 41.7 Å². The van der Waals surface area contributed by atoms with Crippen LogP contribution in [0, 0.1) is 0 Å². The zero-order valence-electron chi connectivity index (χ0n) is 9.38. The van der Waals surface area contributed by atoms with Crippen LogP contribution in [0.4, 0.5) is 0 Å². The lowest BCUT2D eigenvalue weighted by atomic mass is 10.7. The molecule has 0 aliphatic rings. The Bertz CT molecular complexity index is 352. The van der Waals surface area contributed by atoms with Crippen molar-refractivity contribution in [3.05, 3.63) is 18.7 Å². The van der Waals surface area contributed by atoms with Crippen molar-refractivity contribution >= 4 is 10.1 Å². The van der Waals surface area contributed by atoms with Gasteiger partial charge in [0.1, 0.15) is 12.4 Å². The van der Waals surface area contributed by atoms with Crippen molar-refractivity contribution in [2.45, 2.75) is 33.9 Å². The van der Waals surface area contributed by atoms with Gasteiger partial charge in [-0.05, 0) is 13.8 Å². The van der Waals surface area contributed by atoms with E-state index in [0.717, 1.165) is 13.1 Å². The molecule has 0 unspecified atom stereocenters. The Morgan fingerprint density at radius 1 is 1.33 bits per heavy atom. The van der Waals surface area contributed by atoms with Crippen LogP contribution in [0.5, 0.6) is 0 Å². The summed E-state index contributed by atoms with van der Waals surface area (Å²) in [6.45, 7) is 7.71. The number of rotatable bonds is 3. The monoisotopic (exact) mass is 234 g/mol. The fraction of sp³-hybridized carbons (Fsp3) is 0.667. The summed E-state index contributed by atoms with van der Waals surface area (Å²) in [5, 5.41) is 0. The first kappa shape index (κ1) is 14.1. The largest absolute Gasteiger partial charge is 0.748 e. The second-order valence-corrected chi connectivity index (χ2v) is 4.61. The first-order chi connectivity index (χ1) is 6.92. The van der Waals surface area contributed by atoms with E-state index in [0.29, 0.717) is 0 Å². The number of aryl methyl sites for hydroxylation is 2. The fourth-order valence-corrected chi connectivity index (χ4v) is 0.813. The van der Waals surface area contributed by atoms with Crippen molar-refractivity contribution in [2.75, 3.05) is 5.75 Å². The number of aromatic nitrogens is 2. The molecular formula is C9H18N2O3S. The van der Waals surface area contributed by atoms with E-state index in [1.165, 1.54) is 6.92 Å². The van der Waals surface area contributed by atoms with Gasteiger partial charge in [0.15, 0.2) is 0 Å². The summed E-state index contributed by atoms with van der Waals surface area (Å²) in [6, 6.07) is 0. The Balaban J connectivity index is 0.000000288. The quantitative estimate of drug-likeness (QED) is 0.560. The summed E-state index contributed by atoms with van der Waals surface area (Å²) < 4.78 is 32.6. The van der Waals surface area contributed by atoms with Crippen molar-refractivity contribution < 1.29 is 17.5 Å². The second kappa shape index (κ2) is 6.58. The molecule has 1 aromatic rings. The molecule has 0 N–H and O–H groups in total. The highest BCUT2D eigenvalue weighted by Gasteiger charge is 1.95. The molecule has 0 aliphatic carbocycles. The Kier molecular flexibility index (Phi) is 6.19. The first-order valence-corrected chi connectivity index (χ1v) is 6.49. The molecule has 0 fully saturated rings. The summed E-state index contributed by atoms with van der Waals surface area (Å²) >= 11 is 0. The normalized spacial score (nSPS) is 10.7. The van der Waals surface area contributed by atoms with Gasteiger partial charge in [-0.2, -0.15) is 0 Å². The molecule has 0 amide bonds. The van der Waals surface area contributed by atoms with Crippen LogP contribution >= 0.6 is 0 Å². The minimum atomic E-state index is -3.91. The Labute approximate surface area is 91.1 Å². The highest BCUT2D eigenvalue weighted by atomic mass is 32.2. The zero-order chi connectivity index (χ0) is 11.9. The van der Waals surface area contributed by atoms with Gasteiger partial charge in [-0.25, -0.2) is 17.6 Å². The molecule has 6 heteroatoms. The van der Waals surface area contributed by atoms with Crippen LogP contribution in [-0.2, 0) is 23.2 Å². The summed E-state index contributed by atoms with van der Waals surface area (Å²) in [5.41, 5.74) is 0. The van der Waals surface area contributed by atoms with Gasteiger partial charge in [0.05, 0.1) is 23.2 Å². The smallest absolute Gasteiger partial charge is 0.243 e. The van der Waals surface area contributed by atoms with Gasteiger partial charge in [-0.3, -0.25) is 0 Å². The third-order valence-corrected chi connectivity index (χ3v) is 2.54. The van der Waals surface area contributed by atoms with Gasteiger partial charge < -0.3 is 4.55 Å². The molecular weight excluding hydrogens is 216 g/mol. The lowest BCUT2D eigenvalue weighted by molar-refractivity contribution is -0.693. The standard InChI is InChI=1S/C7H13N2.C2H6O3S/c1-3-8-5-6-9(4-2)7-8;1-2-6(3,4)5/h5-7H,3-4H2,1-2H3;2H2,1H3,(H,3,4,5)/q+1;/p-1. The van der Waals surface area contributed by atoms with Crippen molar-refractivity contribution in [1.82, 2.24) is 4.57 Å². The van der Waals surface area contributed by atoms with Crippen LogP contribution < -0.4 is 4.57 Å². The van der Waals surface area contributed by atoms with Crippen molar-refractivity contribution in [3.63, 3.8) is 0 Å². The van der Waals surface area contributed by atoms with E-state index < -0.39 is 10.1 Å². The van der Waals surface area contributed by atoms with Crippen LogP contribution in [0.25, 0.3) is 0 Å². The van der Waals surface area contributed by atoms with Crippen LogP contribution in [-0.4, -0.2) is 23.3 Å². The summed E-state index contributed by atoms with van der Waals surface area (Å²) in [5.74, 6) is -0.312. The van der Waals surface area contributed by atoms with Gasteiger partial charge in [-0.15, -0.1) is 0 Å². The van der Waals surface area contributed by atoms with Crippen LogP contribution in [0.2, 0.25) is 0 Å². The number of hydrogen-bond donors (Lipinski definition) is 0. The fourth-order valence-electron chi connectivity index (χ4n) is 0.813. The van der Waals surface area contributed by atoms with Gasteiger partial charge in [0.2, 0.25) is 6.33 Å². The maximum Gasteiger partial charge on any atom is 0.243 e. The molecule has 0 bridgehead atoms. The molecule has 0 saturated carbocycles. The van der Waals surface area contributed by atoms with Crippen LogP contribution in [0.15, 0.2) is 18.7 Å². The maximum atomic E-state index is 9.44. The van der Waals surface area contributed by atoms with Gasteiger partial charge in [0.25, 0.3) is 0 Å². The molecule has 0 aliphatic heterocycles. The molecule has 1 aromatic heterocycles. The average molecular weight is 234 g/mol. The Hall–Kier alpha value is -0.880. The highest BCUT2D eigenvalue weighted by Crippen LogP contribution is 1.81. The van der Waals surface area contributed by atoms with E-state index in [9.17, 15) is 13.0 Å². The third kappa shape index (κ3) is 7.10. The van der Waals surface area contributed by atoms with E-state index in [-0.39, 0.29) is 5.75 Å². The first-order valence-electron chi connectivity index (χ1n) is 4.91. The van der Waals surface area contributed by atoms with Crippen LogP contribution in [0.3, 0.4) is 0 Å². The molecule has 15 heavy (non-hydrogen) atoms. The molecule has 1 heterocycles. The SMILES string of the molecule is CCS(=O)(=O)[O-].CCn1cc[n+](CC)c1. The topological polar surface area (TPSA) is 66.0 Å². The highest BCUT2D eigenvalue weighted by molar-refractivity contribution is 7.85. The molecule has 0 atom stereocenters. The minimum Gasteiger partial charge on any atom is -0.748 e. The molecule has 5 nitrogen and oxygen atoms in total. The summed E-state index contributed by atoms with van der Waals surface area (Å²) in [4.78, 5) is 0. The molecule has 0 aromatic carbocycles. The zero-order valence-corrected chi connectivity index (χ0v) is 10.2. The molecule has 88 valence electrons. The number of hydrogen-bond acceptors (Lipinski definition) is 3. The van der Waals surface area contributed by atoms with E-state index >= 15 is 0 Å². The second-order valence-electron chi connectivity index (χ2n) is 2.92. The lowest BCUT2D eigenvalue weighted by Crippen LogP contribution is -2.28. The maximum absolute atomic E-state index is 9.44. The lowest BCUT2D eigenvalue weighted by Gasteiger charge is -1.97. The summed E-state index contributed by atoms with van der Waals surface area (Å²) in [7, 11) is -3.91. The van der Waals surface area contributed by atoms with Crippen molar-refractivity contribution in [1.29, 1.82) is 0 Å². The van der Waals surface area contributed by atoms with E-state index in [1.807, 2.05) is 0 Å². The van der Waals surface area contributed by atoms with Crippen molar-refractivity contribution in [3.8, 4) is 0 Å². The predicted molar refractivity (Wildman–Crippen MR) is 56.2 cm³/mol. The van der Waals surface area contributed by atoms with Gasteiger partial charge >= 0.3 is 0 Å². The van der Waals surface area contributed by atoms with Crippen LogP contribution in [0.1, 0.15) is 20.8 Å². The Morgan fingerprint density at radius 2 is 1.87 bits per heavy atom. The molecule has 0 spiro atoms. The summed E-state index contributed by atoms with van der Waals surface area (Å²) in [6.07, 6.45) is 6.28. The van der Waals surface area contributed by atoms with E-state index in [4.69, 9.17) is 0 Å². The molecule has 1 rings (SSSR count).